The number of carbonyl (C=O) groups excluding carboxylic acids is 1. The summed E-state index contributed by atoms with van der Waals surface area (Å²) in [4.78, 5) is 33.4. The SMILES string of the molecule is CC(C)(C)[C@@H]1CCc2c(sc3nc(SCC(=O)Nc4ccc(F)cc4)n(-c4ccccc4)c(=O)c23)C1. The second-order valence-corrected chi connectivity index (χ2v) is 12.2. The Labute approximate surface area is 217 Å². The molecule has 186 valence electrons. The third kappa shape index (κ3) is 4.97. The number of hydrogen-bond acceptors (Lipinski definition) is 5. The average molecular weight is 522 g/mol. The number of anilines is 1. The van der Waals surface area contributed by atoms with E-state index in [1.54, 1.807) is 15.9 Å². The first-order chi connectivity index (χ1) is 17.2. The summed E-state index contributed by atoms with van der Waals surface area (Å²) in [6.07, 6.45) is 2.91. The fourth-order valence-electron chi connectivity index (χ4n) is 4.71. The number of thioether (sulfide) groups is 1. The number of para-hydroxylation sites is 1. The number of rotatable bonds is 5. The first-order valence-corrected chi connectivity index (χ1v) is 13.8. The van der Waals surface area contributed by atoms with Gasteiger partial charge in [0.2, 0.25) is 5.91 Å². The molecule has 2 aromatic heterocycles. The summed E-state index contributed by atoms with van der Waals surface area (Å²) in [5, 5.41) is 3.97. The van der Waals surface area contributed by atoms with Gasteiger partial charge in [0, 0.05) is 10.6 Å². The van der Waals surface area contributed by atoms with Crippen LogP contribution in [-0.4, -0.2) is 21.2 Å². The number of fused-ring (bicyclic) bond motifs is 3. The Morgan fingerprint density at radius 2 is 1.89 bits per heavy atom. The topological polar surface area (TPSA) is 64.0 Å². The summed E-state index contributed by atoms with van der Waals surface area (Å²) in [6, 6.07) is 15.1. The molecule has 1 aliphatic carbocycles. The number of thiophene rings is 1. The number of nitrogens with zero attached hydrogens (tertiary/aromatic N) is 2. The summed E-state index contributed by atoms with van der Waals surface area (Å²) in [5.41, 5.74) is 2.51. The molecule has 1 aliphatic rings. The van der Waals surface area contributed by atoms with E-state index in [1.807, 2.05) is 30.3 Å². The van der Waals surface area contributed by atoms with Crippen LogP contribution in [0.15, 0.2) is 64.5 Å². The number of benzene rings is 2. The molecule has 4 aromatic rings. The van der Waals surface area contributed by atoms with Gasteiger partial charge in [0.1, 0.15) is 10.6 Å². The van der Waals surface area contributed by atoms with Crippen LogP contribution in [0.1, 0.15) is 37.6 Å². The molecule has 36 heavy (non-hydrogen) atoms. The standard InChI is InChI=1S/C28H28FN3O2S2/c1-28(2,3)17-9-14-21-22(15-17)36-25-24(21)26(34)32(20-7-5-4-6-8-20)27(31-25)35-16-23(33)30-19-12-10-18(29)11-13-19/h4-8,10-13,17H,9,14-16H2,1-3H3,(H,30,33)/t17-/m1/s1. The van der Waals surface area contributed by atoms with E-state index in [1.165, 1.54) is 40.9 Å². The van der Waals surface area contributed by atoms with Crippen LogP contribution in [0.4, 0.5) is 10.1 Å². The highest BCUT2D eigenvalue weighted by Crippen LogP contribution is 2.42. The fraction of sp³-hybridized carbons (Fsp3) is 0.321. The lowest BCUT2D eigenvalue weighted by atomic mass is 9.72. The van der Waals surface area contributed by atoms with Crippen LogP contribution in [0.5, 0.6) is 0 Å². The number of aromatic nitrogens is 2. The summed E-state index contributed by atoms with van der Waals surface area (Å²) in [5.74, 6) is 0.0241. The third-order valence-corrected chi connectivity index (χ3v) is 8.84. The maximum Gasteiger partial charge on any atom is 0.267 e. The minimum Gasteiger partial charge on any atom is -0.325 e. The average Bonchev–Trinajstić information content (AvgIpc) is 3.22. The minimum absolute atomic E-state index is 0.0688. The smallest absolute Gasteiger partial charge is 0.267 e. The first-order valence-electron chi connectivity index (χ1n) is 12.0. The summed E-state index contributed by atoms with van der Waals surface area (Å²) < 4.78 is 14.8. The van der Waals surface area contributed by atoms with Crippen molar-refractivity contribution in [2.75, 3.05) is 11.1 Å². The van der Waals surface area contributed by atoms with Crippen LogP contribution >= 0.6 is 23.1 Å². The monoisotopic (exact) mass is 521 g/mol. The lowest BCUT2D eigenvalue weighted by molar-refractivity contribution is -0.113. The summed E-state index contributed by atoms with van der Waals surface area (Å²) >= 11 is 2.84. The molecule has 1 amide bonds. The van der Waals surface area contributed by atoms with Gasteiger partial charge in [-0.2, -0.15) is 0 Å². The maximum atomic E-state index is 13.9. The lowest BCUT2D eigenvalue weighted by Crippen LogP contribution is -2.27. The molecule has 0 aliphatic heterocycles. The van der Waals surface area contributed by atoms with Crippen molar-refractivity contribution in [3.05, 3.63) is 81.2 Å². The molecule has 0 bridgehead atoms. The normalized spacial score (nSPS) is 15.6. The van der Waals surface area contributed by atoms with Crippen LogP contribution in [0.2, 0.25) is 0 Å². The van der Waals surface area contributed by atoms with Gasteiger partial charge in [-0.25, -0.2) is 9.37 Å². The van der Waals surface area contributed by atoms with Crippen LogP contribution in [-0.2, 0) is 17.6 Å². The molecule has 5 rings (SSSR count). The molecule has 0 spiro atoms. The molecule has 0 saturated heterocycles. The van der Waals surface area contributed by atoms with Crippen LogP contribution in [0, 0.1) is 17.2 Å². The van der Waals surface area contributed by atoms with Crippen molar-refractivity contribution in [1.82, 2.24) is 9.55 Å². The van der Waals surface area contributed by atoms with Crippen molar-refractivity contribution in [3.8, 4) is 5.69 Å². The van der Waals surface area contributed by atoms with Gasteiger partial charge in [0.15, 0.2) is 5.16 Å². The second-order valence-electron chi connectivity index (χ2n) is 10.2. The van der Waals surface area contributed by atoms with Gasteiger partial charge >= 0.3 is 0 Å². The van der Waals surface area contributed by atoms with Gasteiger partial charge in [-0.15, -0.1) is 11.3 Å². The number of aryl methyl sites for hydroxylation is 1. The number of hydrogen-bond donors (Lipinski definition) is 1. The Morgan fingerprint density at radius 3 is 2.58 bits per heavy atom. The maximum absolute atomic E-state index is 13.9. The quantitative estimate of drug-likeness (QED) is 0.242. The highest BCUT2D eigenvalue weighted by molar-refractivity contribution is 7.99. The molecule has 0 radical (unpaired) electrons. The molecule has 5 nitrogen and oxygen atoms in total. The lowest BCUT2D eigenvalue weighted by Gasteiger charge is -2.33. The molecular formula is C28H28FN3O2S2. The first kappa shape index (κ1) is 24.7. The van der Waals surface area contributed by atoms with Crippen LogP contribution in [0.3, 0.4) is 0 Å². The van der Waals surface area contributed by atoms with E-state index in [9.17, 15) is 14.0 Å². The molecule has 0 unspecified atom stereocenters. The van der Waals surface area contributed by atoms with Crippen molar-refractivity contribution < 1.29 is 9.18 Å². The molecule has 2 aromatic carbocycles. The number of amides is 1. The Balaban J connectivity index is 1.50. The van der Waals surface area contributed by atoms with Gasteiger partial charge in [0.25, 0.3) is 5.56 Å². The molecule has 8 heteroatoms. The van der Waals surface area contributed by atoms with E-state index in [0.717, 1.165) is 35.3 Å². The zero-order valence-corrected chi connectivity index (χ0v) is 22.1. The number of carbonyl (C=O) groups is 1. The van der Waals surface area contributed by atoms with Gasteiger partial charge in [0.05, 0.1) is 16.8 Å². The highest BCUT2D eigenvalue weighted by atomic mass is 32.2. The van der Waals surface area contributed by atoms with E-state index in [2.05, 4.69) is 26.1 Å². The van der Waals surface area contributed by atoms with E-state index in [0.29, 0.717) is 22.1 Å². The predicted molar refractivity (Wildman–Crippen MR) is 146 cm³/mol. The van der Waals surface area contributed by atoms with Gasteiger partial charge in [-0.3, -0.25) is 14.2 Å². The molecule has 1 N–H and O–H groups in total. The molecule has 2 heterocycles. The van der Waals surface area contributed by atoms with Gasteiger partial charge < -0.3 is 5.32 Å². The Bertz CT molecular complexity index is 1470. The van der Waals surface area contributed by atoms with E-state index in [-0.39, 0.29) is 28.5 Å². The molecular weight excluding hydrogens is 493 g/mol. The Kier molecular flexibility index (Phi) is 6.74. The molecule has 1 atom stereocenters. The molecule has 0 fully saturated rings. The third-order valence-electron chi connectivity index (χ3n) is 6.75. The number of nitrogens with one attached hydrogen (secondary N) is 1. The summed E-state index contributed by atoms with van der Waals surface area (Å²) in [6.45, 7) is 6.84. The van der Waals surface area contributed by atoms with Crippen LogP contribution < -0.4 is 10.9 Å². The molecule has 0 saturated carbocycles. The van der Waals surface area contributed by atoms with Crippen molar-refractivity contribution in [2.45, 2.75) is 45.2 Å². The van der Waals surface area contributed by atoms with Gasteiger partial charge in [-0.05, 0) is 72.6 Å². The van der Waals surface area contributed by atoms with Crippen molar-refractivity contribution in [3.63, 3.8) is 0 Å². The fourth-order valence-corrected chi connectivity index (χ4v) is 6.86. The van der Waals surface area contributed by atoms with Crippen LogP contribution in [0.25, 0.3) is 15.9 Å². The zero-order valence-electron chi connectivity index (χ0n) is 20.5. The van der Waals surface area contributed by atoms with E-state index < -0.39 is 0 Å². The van der Waals surface area contributed by atoms with E-state index in [4.69, 9.17) is 4.98 Å². The Morgan fingerprint density at radius 1 is 1.17 bits per heavy atom. The largest absolute Gasteiger partial charge is 0.325 e. The predicted octanol–water partition coefficient (Wildman–Crippen LogP) is 6.47. The zero-order chi connectivity index (χ0) is 25.4. The second kappa shape index (κ2) is 9.82. The van der Waals surface area contributed by atoms with E-state index >= 15 is 0 Å². The van der Waals surface area contributed by atoms with Crippen molar-refractivity contribution >= 4 is 44.9 Å². The van der Waals surface area contributed by atoms with Crippen molar-refractivity contribution in [2.24, 2.45) is 11.3 Å². The van der Waals surface area contributed by atoms with Crippen molar-refractivity contribution in [1.29, 1.82) is 0 Å². The van der Waals surface area contributed by atoms with Gasteiger partial charge in [-0.1, -0.05) is 50.7 Å². The Hall–Kier alpha value is -2.97. The minimum atomic E-state index is -0.362. The highest BCUT2D eigenvalue weighted by Gasteiger charge is 2.32. The summed E-state index contributed by atoms with van der Waals surface area (Å²) in [7, 11) is 0. The number of halogens is 1.